The minimum Gasteiger partial charge on any atom is -0.462 e. The fourth-order valence-corrected chi connectivity index (χ4v) is 8.79. The van der Waals surface area contributed by atoms with E-state index >= 15 is 0 Å². The molecule has 0 aromatic carbocycles. The van der Waals surface area contributed by atoms with E-state index in [1.165, 1.54) is 135 Å². The summed E-state index contributed by atoms with van der Waals surface area (Å²) < 4.78 is 10.7. The summed E-state index contributed by atoms with van der Waals surface area (Å²) in [6.07, 6.45) is 101. The third-order valence-electron chi connectivity index (χ3n) is 13.6. The number of aliphatic hydroxyl groups is 1. The number of hydrogen-bond donors (Lipinski definition) is 1. The van der Waals surface area contributed by atoms with Crippen LogP contribution in [0.2, 0.25) is 0 Å². The Morgan fingerprint density at radius 1 is 0.308 bits per heavy atom. The standard InChI is InChI=1S/C73H120O5/c1-3-5-7-9-11-13-15-17-19-21-23-25-27-29-31-33-34-35-36-37-38-40-42-44-46-48-50-52-54-56-58-60-62-64-66-68-73(76)78-71(69-74)70-77-72(75)67-65-63-61-59-57-55-53-51-49-47-45-43-41-39-32-30-28-26-24-22-20-18-16-14-12-10-8-6-4-2/h5,7,11,13,16-19,22-25,29,31,34-35,37-38,42,44,48,50,54,56,71,74H,3-4,6,8-10,12,14-15,20-21,26-28,30,32-33,36,39-41,43,45-47,49,51-53,55,57-70H2,1-2H3/b7-5-,13-11-,18-16-,19-17-,24-22-,25-23-,31-29-,35-34-,38-37-,44-42-,50-48-,56-54-. The molecule has 0 rings (SSSR count). The van der Waals surface area contributed by atoms with Crippen LogP contribution >= 0.6 is 0 Å². The highest BCUT2D eigenvalue weighted by molar-refractivity contribution is 5.70. The summed E-state index contributed by atoms with van der Waals surface area (Å²) in [5.41, 5.74) is 0. The zero-order chi connectivity index (χ0) is 56.2. The van der Waals surface area contributed by atoms with Crippen molar-refractivity contribution in [2.45, 2.75) is 290 Å². The predicted octanol–water partition coefficient (Wildman–Crippen LogP) is 22.5. The molecule has 442 valence electrons. The number of hydrogen-bond acceptors (Lipinski definition) is 5. The Hall–Kier alpha value is -4.22. The lowest BCUT2D eigenvalue weighted by Crippen LogP contribution is -2.28. The summed E-state index contributed by atoms with van der Waals surface area (Å²) in [4.78, 5) is 24.6. The molecule has 0 heterocycles. The number of ether oxygens (including phenoxy) is 2. The first-order valence-electron chi connectivity index (χ1n) is 32.4. The number of aliphatic hydroxyl groups excluding tert-OH is 1. The van der Waals surface area contributed by atoms with Crippen molar-refractivity contribution in [1.29, 1.82) is 0 Å². The maximum Gasteiger partial charge on any atom is 0.306 e. The lowest BCUT2D eigenvalue weighted by Gasteiger charge is -2.15. The van der Waals surface area contributed by atoms with Crippen molar-refractivity contribution in [2.75, 3.05) is 13.2 Å². The third kappa shape index (κ3) is 64.3. The largest absolute Gasteiger partial charge is 0.462 e. The highest BCUT2D eigenvalue weighted by Gasteiger charge is 2.16. The molecule has 0 spiro atoms. The number of unbranched alkanes of at least 4 members (excludes halogenated alkanes) is 26. The number of allylic oxidation sites excluding steroid dienone is 24. The van der Waals surface area contributed by atoms with E-state index in [2.05, 4.69) is 160 Å². The Labute approximate surface area is 482 Å². The van der Waals surface area contributed by atoms with Gasteiger partial charge in [-0.05, 0) is 122 Å². The average molecular weight is 1080 g/mol. The van der Waals surface area contributed by atoms with E-state index in [1.807, 2.05) is 0 Å². The minimum atomic E-state index is -0.797. The maximum absolute atomic E-state index is 12.3. The highest BCUT2D eigenvalue weighted by atomic mass is 16.6. The van der Waals surface area contributed by atoms with Crippen molar-refractivity contribution in [3.05, 3.63) is 146 Å². The molecule has 0 aliphatic heterocycles. The lowest BCUT2D eigenvalue weighted by molar-refractivity contribution is -0.161. The highest BCUT2D eigenvalue weighted by Crippen LogP contribution is 2.16. The topological polar surface area (TPSA) is 72.8 Å². The fraction of sp³-hybridized carbons (Fsp3) is 0.644. The van der Waals surface area contributed by atoms with Gasteiger partial charge in [-0.15, -0.1) is 0 Å². The third-order valence-corrected chi connectivity index (χ3v) is 13.6. The van der Waals surface area contributed by atoms with Gasteiger partial charge in [0, 0.05) is 12.8 Å². The van der Waals surface area contributed by atoms with E-state index in [4.69, 9.17) is 9.47 Å². The van der Waals surface area contributed by atoms with Crippen LogP contribution in [0.3, 0.4) is 0 Å². The van der Waals surface area contributed by atoms with Crippen molar-refractivity contribution in [3.63, 3.8) is 0 Å². The summed E-state index contributed by atoms with van der Waals surface area (Å²) >= 11 is 0. The molecule has 0 amide bonds. The van der Waals surface area contributed by atoms with E-state index in [0.717, 1.165) is 122 Å². The van der Waals surface area contributed by atoms with Crippen LogP contribution in [0.15, 0.2) is 146 Å². The first kappa shape index (κ1) is 73.8. The Morgan fingerprint density at radius 3 is 0.833 bits per heavy atom. The number of carbonyl (C=O) groups is 2. The van der Waals surface area contributed by atoms with Crippen molar-refractivity contribution in [2.24, 2.45) is 0 Å². The second kappa shape index (κ2) is 67.1. The smallest absolute Gasteiger partial charge is 0.306 e. The summed E-state index contributed by atoms with van der Waals surface area (Å²) in [5, 5.41) is 9.68. The number of esters is 2. The van der Waals surface area contributed by atoms with Gasteiger partial charge in [0.05, 0.1) is 6.61 Å². The Kier molecular flexibility index (Phi) is 63.4. The van der Waals surface area contributed by atoms with E-state index < -0.39 is 6.10 Å². The van der Waals surface area contributed by atoms with Gasteiger partial charge < -0.3 is 14.6 Å². The predicted molar refractivity (Wildman–Crippen MR) is 343 cm³/mol. The van der Waals surface area contributed by atoms with Crippen molar-refractivity contribution < 1.29 is 24.2 Å². The molecule has 1 N–H and O–H groups in total. The fourth-order valence-electron chi connectivity index (χ4n) is 8.79. The van der Waals surface area contributed by atoms with Crippen molar-refractivity contribution in [3.8, 4) is 0 Å². The van der Waals surface area contributed by atoms with Gasteiger partial charge in [-0.1, -0.05) is 295 Å². The van der Waals surface area contributed by atoms with Gasteiger partial charge in [0.2, 0.25) is 0 Å². The second-order valence-corrected chi connectivity index (χ2v) is 21.1. The van der Waals surface area contributed by atoms with Gasteiger partial charge in [0.15, 0.2) is 6.10 Å². The molecule has 5 heteroatoms. The van der Waals surface area contributed by atoms with Crippen LogP contribution < -0.4 is 0 Å². The molecule has 1 unspecified atom stereocenters. The zero-order valence-corrected chi connectivity index (χ0v) is 50.6. The molecule has 0 aromatic heterocycles. The zero-order valence-electron chi connectivity index (χ0n) is 50.6. The van der Waals surface area contributed by atoms with Crippen LogP contribution in [0.4, 0.5) is 0 Å². The van der Waals surface area contributed by atoms with Crippen LogP contribution in [0.25, 0.3) is 0 Å². The van der Waals surface area contributed by atoms with Gasteiger partial charge in [-0.25, -0.2) is 0 Å². The van der Waals surface area contributed by atoms with Gasteiger partial charge in [0.25, 0.3) is 0 Å². The molecule has 0 fully saturated rings. The Bertz CT molecular complexity index is 1650. The summed E-state index contributed by atoms with van der Waals surface area (Å²) in [7, 11) is 0. The average Bonchev–Trinajstić information content (AvgIpc) is 3.44. The van der Waals surface area contributed by atoms with Gasteiger partial charge in [0.1, 0.15) is 6.61 Å². The minimum absolute atomic E-state index is 0.0833. The lowest BCUT2D eigenvalue weighted by atomic mass is 10.0. The summed E-state index contributed by atoms with van der Waals surface area (Å²) in [6, 6.07) is 0. The van der Waals surface area contributed by atoms with Gasteiger partial charge in [-0.3, -0.25) is 9.59 Å². The quantitative estimate of drug-likeness (QED) is 0.0373. The monoisotopic (exact) mass is 1080 g/mol. The maximum atomic E-state index is 12.3. The molecule has 0 saturated heterocycles. The molecule has 0 aromatic rings. The van der Waals surface area contributed by atoms with E-state index in [-0.39, 0.29) is 25.2 Å². The molecule has 78 heavy (non-hydrogen) atoms. The Balaban J connectivity index is 3.59. The SMILES string of the molecule is CC/C=C\C/C=C\C/C=C\C/C=C\C/C=C\C/C=C\C/C=C\C/C=C\C/C=C\C/C=C\CCCCCCC(=O)OC(CO)COC(=O)CCCCCCCCCCCCCCCCCCC/C=C\C/C=C\CCCCCCC. The van der Waals surface area contributed by atoms with E-state index in [9.17, 15) is 14.7 Å². The van der Waals surface area contributed by atoms with Crippen LogP contribution in [-0.4, -0.2) is 36.4 Å². The van der Waals surface area contributed by atoms with Crippen molar-refractivity contribution >= 4 is 11.9 Å². The van der Waals surface area contributed by atoms with E-state index in [0.29, 0.717) is 12.8 Å². The van der Waals surface area contributed by atoms with Crippen LogP contribution in [0.5, 0.6) is 0 Å². The van der Waals surface area contributed by atoms with Gasteiger partial charge in [-0.2, -0.15) is 0 Å². The molecular weight excluding hydrogens is 957 g/mol. The molecular formula is C73H120O5. The van der Waals surface area contributed by atoms with Crippen molar-refractivity contribution in [1.82, 2.24) is 0 Å². The Morgan fingerprint density at radius 2 is 0.551 bits per heavy atom. The summed E-state index contributed by atoms with van der Waals surface area (Å²) in [5.74, 6) is -0.622. The van der Waals surface area contributed by atoms with Crippen LogP contribution in [-0.2, 0) is 19.1 Å². The van der Waals surface area contributed by atoms with Crippen LogP contribution in [0.1, 0.15) is 284 Å². The number of carbonyl (C=O) groups excluding carboxylic acids is 2. The first-order chi connectivity index (χ1) is 38.6. The first-order valence-corrected chi connectivity index (χ1v) is 32.4. The number of rotatable bonds is 58. The molecule has 0 bridgehead atoms. The molecule has 0 aliphatic carbocycles. The molecule has 0 radical (unpaired) electrons. The molecule has 5 nitrogen and oxygen atoms in total. The normalized spacial score (nSPS) is 13.2. The molecule has 1 atom stereocenters. The molecule has 0 saturated carbocycles. The molecule has 0 aliphatic rings. The van der Waals surface area contributed by atoms with Gasteiger partial charge >= 0.3 is 11.9 Å². The summed E-state index contributed by atoms with van der Waals surface area (Å²) in [6.45, 7) is 4.01. The van der Waals surface area contributed by atoms with E-state index in [1.54, 1.807) is 0 Å². The van der Waals surface area contributed by atoms with Crippen LogP contribution in [0, 0.1) is 0 Å². The second-order valence-electron chi connectivity index (χ2n) is 21.1.